The van der Waals surface area contributed by atoms with Crippen LogP contribution in [-0.4, -0.2) is 36.7 Å². The molecular weight excluding hydrogens is 302 g/mol. The van der Waals surface area contributed by atoms with Crippen LogP contribution in [-0.2, 0) is 4.74 Å². The number of alkyl halides is 9. The molecule has 1 aliphatic carbocycles. The molecule has 0 heterocycles. The highest BCUT2D eigenvalue weighted by Gasteiger charge is 2.78. The van der Waals surface area contributed by atoms with Crippen molar-refractivity contribution in [2.24, 2.45) is 0 Å². The number of hydrogen-bond donors (Lipinski definition) is 0. The van der Waals surface area contributed by atoms with E-state index in [0.717, 1.165) is 0 Å². The zero-order valence-electron chi connectivity index (χ0n) is 8.55. The number of allylic oxidation sites excluding steroid dienone is 1. The Balaban J connectivity index is 2.97. The van der Waals surface area contributed by atoms with Gasteiger partial charge in [0, 0.05) is 6.08 Å². The van der Waals surface area contributed by atoms with E-state index in [2.05, 4.69) is 4.74 Å². The molecule has 112 valence electrons. The molecule has 0 radical (unpaired) electrons. The third-order valence-corrected chi connectivity index (χ3v) is 2.22. The van der Waals surface area contributed by atoms with E-state index in [1.807, 2.05) is 0 Å². The maximum atomic E-state index is 13.3. The van der Waals surface area contributed by atoms with Crippen molar-refractivity contribution in [2.45, 2.75) is 30.0 Å². The Bertz CT molecular complexity index is 389. The molecule has 0 aromatic carbocycles. The summed E-state index contributed by atoms with van der Waals surface area (Å²) in [7, 11) is 0. The molecule has 0 aromatic rings. The van der Waals surface area contributed by atoms with Crippen LogP contribution in [0.15, 0.2) is 11.9 Å². The van der Waals surface area contributed by atoms with E-state index in [1.165, 1.54) is 0 Å². The van der Waals surface area contributed by atoms with E-state index in [4.69, 9.17) is 0 Å². The second-order valence-electron chi connectivity index (χ2n) is 3.64. The molecule has 0 saturated heterocycles. The monoisotopic (exact) mass is 306 g/mol. The van der Waals surface area contributed by atoms with Crippen molar-refractivity contribution in [3.8, 4) is 0 Å². The van der Waals surface area contributed by atoms with Gasteiger partial charge >= 0.3 is 30.0 Å². The predicted molar refractivity (Wildman–Crippen MR) is 39.8 cm³/mol. The van der Waals surface area contributed by atoms with E-state index in [0.29, 0.717) is 0 Å². The molecule has 11 heteroatoms. The van der Waals surface area contributed by atoms with Gasteiger partial charge < -0.3 is 4.74 Å². The molecule has 0 fully saturated rings. The summed E-state index contributed by atoms with van der Waals surface area (Å²) < 4.78 is 128. The Morgan fingerprint density at radius 1 is 1.11 bits per heavy atom. The third-order valence-electron chi connectivity index (χ3n) is 2.22. The fraction of sp³-hybridized carbons (Fsp3) is 0.750. The number of hydrogen-bond acceptors (Lipinski definition) is 1. The predicted octanol–water partition coefficient (Wildman–Crippen LogP) is 3.71. The van der Waals surface area contributed by atoms with Crippen molar-refractivity contribution in [1.82, 2.24) is 0 Å². The van der Waals surface area contributed by atoms with Crippen molar-refractivity contribution >= 4 is 0 Å². The van der Waals surface area contributed by atoms with Gasteiger partial charge in [-0.15, -0.1) is 0 Å². The number of rotatable bonds is 4. The van der Waals surface area contributed by atoms with Gasteiger partial charge in [-0.2, -0.15) is 30.7 Å². The SMILES string of the molecule is FC1=CC(F)(F)C(F)(F)C1(F)OCC(F)(F)C(F)F. The van der Waals surface area contributed by atoms with Crippen LogP contribution in [0, 0.1) is 0 Å². The van der Waals surface area contributed by atoms with Crippen molar-refractivity contribution < 1.29 is 48.6 Å². The fourth-order valence-electron chi connectivity index (χ4n) is 1.13. The van der Waals surface area contributed by atoms with Crippen LogP contribution in [0.25, 0.3) is 0 Å². The highest BCUT2D eigenvalue weighted by molar-refractivity contribution is 5.28. The molecule has 1 unspecified atom stereocenters. The molecule has 1 nitrogen and oxygen atoms in total. The molecular formula is C8H4F10O. The average Bonchev–Trinajstić information content (AvgIpc) is 2.34. The van der Waals surface area contributed by atoms with Crippen molar-refractivity contribution in [3.63, 3.8) is 0 Å². The molecule has 0 amide bonds. The molecule has 1 aliphatic rings. The van der Waals surface area contributed by atoms with Crippen LogP contribution in [0.4, 0.5) is 43.9 Å². The summed E-state index contributed by atoms with van der Waals surface area (Å²) in [5.41, 5.74) is 0. The summed E-state index contributed by atoms with van der Waals surface area (Å²) in [6, 6.07) is 0. The molecule has 19 heavy (non-hydrogen) atoms. The summed E-state index contributed by atoms with van der Waals surface area (Å²) in [6.45, 7) is -2.70. The van der Waals surface area contributed by atoms with E-state index in [9.17, 15) is 43.9 Å². The van der Waals surface area contributed by atoms with E-state index < -0.39 is 48.6 Å². The quantitative estimate of drug-likeness (QED) is 0.720. The van der Waals surface area contributed by atoms with Crippen LogP contribution in [0.2, 0.25) is 0 Å². The zero-order chi connectivity index (χ0) is 15.3. The van der Waals surface area contributed by atoms with E-state index in [-0.39, 0.29) is 0 Å². The first kappa shape index (κ1) is 16.1. The second kappa shape index (κ2) is 4.25. The highest BCUT2D eigenvalue weighted by Crippen LogP contribution is 2.55. The first-order valence-corrected chi connectivity index (χ1v) is 4.41. The smallest absolute Gasteiger partial charge is 0.329 e. The molecule has 0 spiro atoms. The number of halogens is 10. The minimum atomic E-state index is -5.84. The molecule has 0 N–H and O–H groups in total. The molecule has 1 atom stereocenters. The maximum absolute atomic E-state index is 13.3. The van der Waals surface area contributed by atoms with E-state index >= 15 is 0 Å². The van der Waals surface area contributed by atoms with Gasteiger partial charge in [0.15, 0.2) is 5.83 Å². The van der Waals surface area contributed by atoms with Gasteiger partial charge in [-0.05, 0) is 0 Å². The van der Waals surface area contributed by atoms with Crippen LogP contribution < -0.4 is 0 Å². The summed E-state index contributed by atoms with van der Waals surface area (Å²) in [4.78, 5) is 0. The first-order valence-electron chi connectivity index (χ1n) is 4.41. The lowest BCUT2D eigenvalue weighted by molar-refractivity contribution is -0.325. The Hall–Kier alpha value is -1.00. The van der Waals surface area contributed by atoms with Gasteiger partial charge in [0.2, 0.25) is 0 Å². The van der Waals surface area contributed by atoms with Gasteiger partial charge in [0.25, 0.3) is 0 Å². The lowest BCUT2D eigenvalue weighted by atomic mass is 10.1. The van der Waals surface area contributed by atoms with Crippen molar-refractivity contribution in [3.05, 3.63) is 11.9 Å². The van der Waals surface area contributed by atoms with Crippen LogP contribution in [0.3, 0.4) is 0 Å². The number of ether oxygens (including phenoxy) is 1. The molecule has 0 aromatic heterocycles. The molecule has 0 bridgehead atoms. The van der Waals surface area contributed by atoms with Gasteiger partial charge in [0.05, 0.1) is 0 Å². The Morgan fingerprint density at radius 3 is 1.89 bits per heavy atom. The topological polar surface area (TPSA) is 9.23 Å². The van der Waals surface area contributed by atoms with Crippen LogP contribution in [0.1, 0.15) is 0 Å². The minimum absolute atomic E-state index is 1.16. The van der Waals surface area contributed by atoms with Gasteiger partial charge in [0.1, 0.15) is 6.61 Å². The van der Waals surface area contributed by atoms with Gasteiger partial charge in [-0.1, -0.05) is 0 Å². The van der Waals surface area contributed by atoms with Crippen LogP contribution >= 0.6 is 0 Å². The summed E-state index contributed by atoms with van der Waals surface area (Å²) in [6.07, 6.45) is -5.59. The third kappa shape index (κ3) is 2.28. The summed E-state index contributed by atoms with van der Waals surface area (Å²) in [5.74, 6) is -24.4. The standard InChI is InChI=1S/C8H4F10O/c9-3-1-6(14,15)8(17,18)7(3,16)19-2-5(12,13)4(10)11/h1,4H,2H2. The summed E-state index contributed by atoms with van der Waals surface area (Å²) >= 11 is 0. The lowest BCUT2D eigenvalue weighted by Crippen LogP contribution is -2.54. The largest absolute Gasteiger partial charge is 0.378 e. The fourth-order valence-corrected chi connectivity index (χ4v) is 1.13. The Morgan fingerprint density at radius 2 is 1.58 bits per heavy atom. The van der Waals surface area contributed by atoms with Crippen molar-refractivity contribution in [2.75, 3.05) is 6.61 Å². The maximum Gasteiger partial charge on any atom is 0.378 e. The lowest BCUT2D eigenvalue weighted by Gasteiger charge is -2.30. The Kier molecular flexibility index (Phi) is 3.59. The van der Waals surface area contributed by atoms with Crippen LogP contribution in [0.5, 0.6) is 0 Å². The molecule has 0 aliphatic heterocycles. The molecule has 1 rings (SSSR count). The molecule has 0 saturated carbocycles. The second-order valence-corrected chi connectivity index (χ2v) is 3.64. The zero-order valence-corrected chi connectivity index (χ0v) is 8.55. The van der Waals surface area contributed by atoms with E-state index in [1.54, 1.807) is 0 Å². The van der Waals surface area contributed by atoms with Gasteiger partial charge in [-0.3, -0.25) is 0 Å². The minimum Gasteiger partial charge on any atom is -0.329 e. The Labute approximate surface area is 98.4 Å². The van der Waals surface area contributed by atoms with Gasteiger partial charge in [-0.25, -0.2) is 13.2 Å². The normalized spacial score (nSPS) is 29.7. The summed E-state index contributed by atoms with van der Waals surface area (Å²) in [5, 5.41) is 0. The van der Waals surface area contributed by atoms with Crippen molar-refractivity contribution in [1.29, 1.82) is 0 Å². The average molecular weight is 306 g/mol. The highest BCUT2D eigenvalue weighted by atomic mass is 19.3. The first-order chi connectivity index (χ1) is 8.28.